The summed E-state index contributed by atoms with van der Waals surface area (Å²) in [4.78, 5) is 24.2. The molecule has 1 aliphatic carbocycles. The summed E-state index contributed by atoms with van der Waals surface area (Å²) in [5.74, 6) is -1.03. The monoisotopic (exact) mass is 241 g/mol. The molecular formula is C11H15NO5. The van der Waals surface area contributed by atoms with Crippen molar-refractivity contribution in [2.24, 2.45) is 5.41 Å². The van der Waals surface area contributed by atoms with Crippen LogP contribution in [0.3, 0.4) is 0 Å². The fourth-order valence-corrected chi connectivity index (χ4v) is 2.85. The molecule has 2 aliphatic heterocycles. The molecule has 0 atom stereocenters. The Kier molecular flexibility index (Phi) is 2.61. The van der Waals surface area contributed by atoms with Crippen LogP contribution in [0, 0.1) is 5.41 Å². The van der Waals surface area contributed by atoms with Gasteiger partial charge in [-0.15, -0.1) is 0 Å². The third kappa shape index (κ3) is 1.51. The number of fused-ring (bicyclic) bond motifs is 1. The highest BCUT2D eigenvalue weighted by Crippen LogP contribution is 2.59. The van der Waals surface area contributed by atoms with Crippen LogP contribution in [0.15, 0.2) is 12.7 Å². The molecule has 94 valence electrons. The number of carbonyl (C=O) groups is 2. The average molecular weight is 241 g/mol. The van der Waals surface area contributed by atoms with Crippen LogP contribution in [0.2, 0.25) is 0 Å². The molecule has 0 unspecified atom stereocenters. The van der Waals surface area contributed by atoms with Crippen molar-refractivity contribution in [2.75, 3.05) is 19.8 Å². The number of hydrogen-bond donors (Lipinski definition) is 2. The number of carbonyl (C=O) groups excluding carboxylic acids is 1. The molecule has 0 aromatic rings. The summed E-state index contributed by atoms with van der Waals surface area (Å²) in [7, 11) is 0. The zero-order chi connectivity index (χ0) is 12.7. The first-order valence-electron chi connectivity index (χ1n) is 5.39. The van der Waals surface area contributed by atoms with Crippen molar-refractivity contribution in [1.82, 2.24) is 4.90 Å². The van der Waals surface area contributed by atoms with Crippen LogP contribution in [-0.2, 0) is 9.53 Å². The van der Waals surface area contributed by atoms with E-state index in [4.69, 9.17) is 4.74 Å². The number of carboxylic acids is 1. The Hall–Kier alpha value is -1.56. The summed E-state index contributed by atoms with van der Waals surface area (Å²) in [6, 6.07) is 0. The molecule has 2 bridgehead atoms. The lowest BCUT2D eigenvalue weighted by atomic mass is 9.62. The molecular weight excluding hydrogens is 226 g/mol. The van der Waals surface area contributed by atoms with Crippen molar-refractivity contribution in [3.05, 3.63) is 12.7 Å². The summed E-state index contributed by atoms with van der Waals surface area (Å²) < 4.78 is 4.86. The Morgan fingerprint density at radius 2 is 2.12 bits per heavy atom. The molecule has 6 nitrogen and oxygen atoms in total. The van der Waals surface area contributed by atoms with E-state index in [2.05, 4.69) is 6.58 Å². The van der Waals surface area contributed by atoms with Crippen LogP contribution < -0.4 is 0 Å². The lowest BCUT2D eigenvalue weighted by Crippen LogP contribution is -2.57. The summed E-state index contributed by atoms with van der Waals surface area (Å²) in [6.45, 7) is 3.61. The number of rotatable bonds is 4. The Morgan fingerprint density at radius 1 is 1.47 bits per heavy atom. The molecule has 2 N–H and O–H groups in total. The van der Waals surface area contributed by atoms with E-state index < -0.39 is 23.0 Å². The molecule has 2 saturated heterocycles. The van der Waals surface area contributed by atoms with Crippen LogP contribution in [0.4, 0.5) is 4.79 Å². The molecule has 2 heterocycles. The van der Waals surface area contributed by atoms with Crippen molar-refractivity contribution in [3.8, 4) is 0 Å². The highest BCUT2D eigenvalue weighted by atomic mass is 16.6. The van der Waals surface area contributed by atoms with Gasteiger partial charge in [0, 0.05) is 12.0 Å². The maximum Gasteiger partial charge on any atom is 0.411 e. The summed E-state index contributed by atoms with van der Waals surface area (Å²) >= 11 is 0. The second kappa shape index (κ2) is 3.73. The van der Waals surface area contributed by atoms with Crippen LogP contribution in [0.25, 0.3) is 0 Å². The fourth-order valence-electron chi connectivity index (χ4n) is 2.85. The molecule has 0 aromatic carbocycles. The van der Waals surface area contributed by atoms with Crippen molar-refractivity contribution < 1.29 is 24.5 Å². The Labute approximate surface area is 98.5 Å². The second-order valence-electron chi connectivity index (χ2n) is 4.80. The molecule has 6 heteroatoms. The standard InChI is InChI=1S/C11H15NO5/c1-2-3-17-9(16)12-6-10(7-13)4-11(12,5-10)8(14)15/h2,13H,1,3-7H2,(H,14,15). The van der Waals surface area contributed by atoms with E-state index in [1.807, 2.05) is 0 Å². The maximum atomic E-state index is 11.7. The number of hydrogen-bond acceptors (Lipinski definition) is 4. The molecule has 0 aromatic heterocycles. The van der Waals surface area contributed by atoms with Gasteiger partial charge >= 0.3 is 12.1 Å². The molecule has 3 fully saturated rings. The van der Waals surface area contributed by atoms with Gasteiger partial charge in [-0.05, 0) is 12.8 Å². The minimum atomic E-state index is -1.18. The zero-order valence-electron chi connectivity index (χ0n) is 9.39. The van der Waals surface area contributed by atoms with Gasteiger partial charge in [0.15, 0.2) is 0 Å². The first-order valence-corrected chi connectivity index (χ1v) is 5.39. The number of aliphatic hydroxyl groups is 1. The van der Waals surface area contributed by atoms with Gasteiger partial charge in [0.25, 0.3) is 0 Å². The number of aliphatic hydroxyl groups excluding tert-OH is 1. The first kappa shape index (κ1) is 11.9. The normalized spacial score (nSPS) is 34.1. The van der Waals surface area contributed by atoms with Crippen molar-refractivity contribution in [3.63, 3.8) is 0 Å². The summed E-state index contributed by atoms with van der Waals surface area (Å²) in [5, 5.41) is 18.5. The third-order valence-corrected chi connectivity index (χ3v) is 3.62. The van der Waals surface area contributed by atoms with Gasteiger partial charge in [-0.1, -0.05) is 12.7 Å². The van der Waals surface area contributed by atoms with E-state index in [0.29, 0.717) is 12.8 Å². The van der Waals surface area contributed by atoms with E-state index in [0.717, 1.165) is 0 Å². The van der Waals surface area contributed by atoms with E-state index in [-0.39, 0.29) is 19.8 Å². The third-order valence-electron chi connectivity index (χ3n) is 3.62. The Bertz CT molecular complexity index is 372. The highest BCUT2D eigenvalue weighted by Gasteiger charge is 2.71. The molecule has 3 rings (SSSR count). The average Bonchev–Trinajstić information content (AvgIpc) is 2.76. The van der Waals surface area contributed by atoms with Crippen LogP contribution in [0.5, 0.6) is 0 Å². The van der Waals surface area contributed by atoms with Gasteiger partial charge in [-0.2, -0.15) is 0 Å². The largest absolute Gasteiger partial charge is 0.479 e. The first-order chi connectivity index (χ1) is 7.99. The van der Waals surface area contributed by atoms with E-state index in [9.17, 15) is 19.8 Å². The molecule has 1 saturated carbocycles. The van der Waals surface area contributed by atoms with E-state index in [1.165, 1.54) is 11.0 Å². The van der Waals surface area contributed by atoms with Gasteiger partial charge in [0.05, 0.1) is 6.61 Å². The number of amides is 1. The molecule has 1 amide bonds. The van der Waals surface area contributed by atoms with Gasteiger partial charge in [0.2, 0.25) is 0 Å². The second-order valence-corrected chi connectivity index (χ2v) is 4.80. The smallest absolute Gasteiger partial charge is 0.411 e. The van der Waals surface area contributed by atoms with Crippen molar-refractivity contribution >= 4 is 12.1 Å². The number of aliphatic carboxylic acids is 1. The van der Waals surface area contributed by atoms with Crippen LogP contribution in [-0.4, -0.2) is 52.5 Å². The molecule has 0 spiro atoms. The van der Waals surface area contributed by atoms with Crippen molar-refractivity contribution in [1.29, 1.82) is 0 Å². The highest BCUT2D eigenvalue weighted by molar-refractivity contribution is 5.87. The van der Waals surface area contributed by atoms with Gasteiger partial charge in [-0.25, -0.2) is 9.59 Å². The minimum Gasteiger partial charge on any atom is -0.479 e. The van der Waals surface area contributed by atoms with Gasteiger partial charge in [0.1, 0.15) is 12.1 Å². The molecule has 17 heavy (non-hydrogen) atoms. The predicted octanol–water partition coefficient (Wildman–Crippen LogP) is 0.220. The molecule has 3 aliphatic rings. The predicted molar refractivity (Wildman–Crippen MR) is 57.4 cm³/mol. The minimum absolute atomic E-state index is 0.0527. The lowest BCUT2D eigenvalue weighted by Gasteiger charge is -2.43. The van der Waals surface area contributed by atoms with Crippen LogP contribution in [0.1, 0.15) is 12.8 Å². The van der Waals surface area contributed by atoms with Gasteiger partial charge in [-0.3, -0.25) is 4.90 Å². The van der Waals surface area contributed by atoms with E-state index >= 15 is 0 Å². The van der Waals surface area contributed by atoms with Crippen molar-refractivity contribution in [2.45, 2.75) is 18.4 Å². The maximum absolute atomic E-state index is 11.7. The van der Waals surface area contributed by atoms with Gasteiger partial charge < -0.3 is 14.9 Å². The van der Waals surface area contributed by atoms with Crippen LogP contribution >= 0.6 is 0 Å². The summed E-state index contributed by atoms with van der Waals surface area (Å²) in [6.07, 6.45) is 1.37. The van der Waals surface area contributed by atoms with E-state index in [1.54, 1.807) is 0 Å². The summed E-state index contributed by atoms with van der Waals surface area (Å²) in [5.41, 5.74) is -1.63. The number of nitrogens with zero attached hydrogens (tertiary/aromatic N) is 1. The Balaban J connectivity index is 2.15. The zero-order valence-corrected chi connectivity index (χ0v) is 9.39. The Morgan fingerprint density at radius 3 is 2.59 bits per heavy atom. The molecule has 0 radical (unpaired) electrons. The number of carboxylic acid groups (broad SMARTS) is 1. The topological polar surface area (TPSA) is 87.1 Å². The number of ether oxygens (including phenoxy) is 1. The fraction of sp³-hybridized carbons (Fsp3) is 0.636. The quantitative estimate of drug-likeness (QED) is 0.687. The SMILES string of the molecule is C=CCOC(=O)N1CC2(CO)CC1(C(=O)O)C2. The lowest BCUT2D eigenvalue weighted by molar-refractivity contribution is -0.154.